The minimum Gasteiger partial charge on any atom is -0.492 e. The second-order valence-electron chi connectivity index (χ2n) is 8.93. The highest BCUT2D eigenvalue weighted by atomic mass is 19.1. The number of rotatable bonds is 7. The number of hydrogen-bond donors (Lipinski definition) is 4. The van der Waals surface area contributed by atoms with Crippen LogP contribution in [0.5, 0.6) is 11.5 Å². The number of para-hydroxylation sites is 1. The van der Waals surface area contributed by atoms with Crippen molar-refractivity contribution in [3.63, 3.8) is 0 Å². The molecule has 1 aromatic carbocycles. The number of aromatic nitrogens is 2. The highest BCUT2D eigenvalue weighted by Gasteiger charge is 2.31. The lowest BCUT2D eigenvalue weighted by Crippen LogP contribution is -2.42. The summed E-state index contributed by atoms with van der Waals surface area (Å²) < 4.78 is 25.9. The van der Waals surface area contributed by atoms with Gasteiger partial charge in [0.25, 0.3) is 5.91 Å². The Balaban J connectivity index is 1.58. The third-order valence-corrected chi connectivity index (χ3v) is 6.45. The SMILES string of the molecule is COc1c(F)cccc1Nc1c(-c2ccncc2OC[C@]2(C)CCCN2)[nH]c2c1C(=O)NCC2. The summed E-state index contributed by atoms with van der Waals surface area (Å²) in [5.74, 6) is -0.00861. The van der Waals surface area contributed by atoms with E-state index in [1.807, 2.05) is 6.07 Å². The van der Waals surface area contributed by atoms with Crippen LogP contribution in [-0.4, -0.2) is 48.2 Å². The summed E-state index contributed by atoms with van der Waals surface area (Å²) in [5.41, 5.74) is 3.61. The maximum Gasteiger partial charge on any atom is 0.255 e. The Labute approximate surface area is 197 Å². The van der Waals surface area contributed by atoms with Crippen molar-refractivity contribution in [3.05, 3.63) is 53.7 Å². The fourth-order valence-corrected chi connectivity index (χ4v) is 4.67. The summed E-state index contributed by atoms with van der Waals surface area (Å²) >= 11 is 0. The fourth-order valence-electron chi connectivity index (χ4n) is 4.67. The summed E-state index contributed by atoms with van der Waals surface area (Å²) in [6, 6.07) is 6.48. The summed E-state index contributed by atoms with van der Waals surface area (Å²) in [7, 11) is 1.41. The number of benzene rings is 1. The number of fused-ring (bicyclic) bond motifs is 1. The van der Waals surface area contributed by atoms with Crippen LogP contribution in [-0.2, 0) is 6.42 Å². The number of nitrogens with one attached hydrogen (secondary N) is 4. The molecule has 178 valence electrons. The van der Waals surface area contributed by atoms with E-state index in [2.05, 4.69) is 32.8 Å². The van der Waals surface area contributed by atoms with E-state index in [0.717, 1.165) is 30.6 Å². The van der Waals surface area contributed by atoms with Crippen molar-refractivity contribution in [1.82, 2.24) is 20.6 Å². The molecule has 1 saturated heterocycles. The smallest absolute Gasteiger partial charge is 0.255 e. The van der Waals surface area contributed by atoms with Crippen LogP contribution in [0.4, 0.5) is 15.8 Å². The van der Waals surface area contributed by atoms with Crippen molar-refractivity contribution in [2.24, 2.45) is 0 Å². The lowest BCUT2D eigenvalue weighted by atomic mass is 10.0. The number of carbonyl (C=O) groups excluding carboxylic acids is 1. The first-order valence-corrected chi connectivity index (χ1v) is 11.4. The molecule has 0 spiro atoms. The molecular weight excluding hydrogens is 437 g/mol. The van der Waals surface area contributed by atoms with Gasteiger partial charge in [-0.1, -0.05) is 6.07 Å². The predicted molar refractivity (Wildman–Crippen MR) is 127 cm³/mol. The molecule has 34 heavy (non-hydrogen) atoms. The Morgan fingerprint density at radius 2 is 2.15 bits per heavy atom. The zero-order valence-electron chi connectivity index (χ0n) is 19.3. The van der Waals surface area contributed by atoms with Gasteiger partial charge in [-0.25, -0.2) is 4.39 Å². The van der Waals surface area contributed by atoms with Crippen LogP contribution >= 0.6 is 0 Å². The van der Waals surface area contributed by atoms with Gasteiger partial charge in [0.1, 0.15) is 12.4 Å². The molecule has 2 aliphatic rings. The van der Waals surface area contributed by atoms with Crippen LogP contribution in [0.15, 0.2) is 36.7 Å². The van der Waals surface area contributed by atoms with Gasteiger partial charge in [-0.3, -0.25) is 9.78 Å². The van der Waals surface area contributed by atoms with Crippen molar-refractivity contribution >= 4 is 17.3 Å². The first kappa shape index (κ1) is 22.2. The van der Waals surface area contributed by atoms with Gasteiger partial charge in [0.2, 0.25) is 0 Å². The van der Waals surface area contributed by atoms with Crippen LogP contribution in [0.3, 0.4) is 0 Å². The number of nitrogens with zero attached hydrogens (tertiary/aromatic N) is 1. The van der Waals surface area contributed by atoms with E-state index >= 15 is 0 Å². The molecule has 3 aromatic rings. The molecule has 0 saturated carbocycles. The van der Waals surface area contributed by atoms with Gasteiger partial charge >= 0.3 is 0 Å². The number of pyridine rings is 1. The Morgan fingerprint density at radius 3 is 2.94 bits per heavy atom. The van der Waals surface area contributed by atoms with E-state index < -0.39 is 5.82 Å². The molecule has 1 fully saturated rings. The van der Waals surface area contributed by atoms with Crippen LogP contribution in [0, 0.1) is 5.82 Å². The van der Waals surface area contributed by atoms with Gasteiger partial charge in [0, 0.05) is 36.0 Å². The highest BCUT2D eigenvalue weighted by molar-refractivity contribution is 6.06. The molecule has 2 aliphatic heterocycles. The molecular formula is C25H28FN5O3. The molecule has 5 rings (SSSR count). The molecule has 0 radical (unpaired) electrons. The second-order valence-corrected chi connectivity index (χ2v) is 8.93. The zero-order valence-corrected chi connectivity index (χ0v) is 19.3. The van der Waals surface area contributed by atoms with E-state index in [1.54, 1.807) is 24.5 Å². The lowest BCUT2D eigenvalue weighted by molar-refractivity contribution is 0.0947. The first-order valence-electron chi connectivity index (χ1n) is 11.4. The fraction of sp³-hybridized carbons (Fsp3) is 0.360. The van der Waals surface area contributed by atoms with Gasteiger partial charge < -0.3 is 30.4 Å². The maximum atomic E-state index is 14.4. The zero-order chi connectivity index (χ0) is 23.7. The number of amides is 1. The van der Waals surface area contributed by atoms with Gasteiger partial charge in [0.05, 0.1) is 35.9 Å². The summed E-state index contributed by atoms with van der Waals surface area (Å²) in [4.78, 5) is 20.5. The van der Waals surface area contributed by atoms with Crippen molar-refractivity contribution in [3.8, 4) is 22.8 Å². The summed E-state index contributed by atoms with van der Waals surface area (Å²) in [6.07, 6.45) is 6.16. The number of aromatic amines is 1. The quantitative estimate of drug-likeness (QED) is 0.424. The molecule has 4 heterocycles. The normalized spacial score (nSPS) is 19.4. The molecule has 0 bridgehead atoms. The third-order valence-electron chi connectivity index (χ3n) is 6.45. The van der Waals surface area contributed by atoms with Crippen molar-refractivity contribution in [2.75, 3.05) is 32.1 Å². The maximum absolute atomic E-state index is 14.4. The minimum absolute atomic E-state index is 0.0750. The van der Waals surface area contributed by atoms with Crippen LogP contribution in [0.25, 0.3) is 11.3 Å². The van der Waals surface area contributed by atoms with Gasteiger partial charge in [-0.05, 0) is 44.5 Å². The molecule has 4 N–H and O–H groups in total. The summed E-state index contributed by atoms with van der Waals surface area (Å²) in [5, 5.41) is 9.65. The number of hydrogen-bond acceptors (Lipinski definition) is 6. The number of methoxy groups -OCH3 is 1. The number of H-pyrrole nitrogens is 1. The van der Waals surface area contributed by atoms with Crippen LogP contribution < -0.4 is 25.4 Å². The molecule has 1 atom stereocenters. The number of halogens is 1. The Hall–Kier alpha value is -3.59. The van der Waals surface area contributed by atoms with E-state index in [1.165, 1.54) is 13.2 Å². The van der Waals surface area contributed by atoms with Crippen LogP contribution in [0.1, 0.15) is 35.8 Å². The van der Waals surface area contributed by atoms with E-state index in [9.17, 15) is 9.18 Å². The van der Waals surface area contributed by atoms with Gasteiger partial charge in [-0.2, -0.15) is 0 Å². The van der Waals surface area contributed by atoms with Crippen molar-refractivity contribution in [2.45, 2.75) is 31.7 Å². The average Bonchev–Trinajstić information content (AvgIpc) is 3.43. The predicted octanol–water partition coefficient (Wildman–Crippen LogP) is 3.77. The number of ether oxygens (including phenoxy) is 2. The minimum atomic E-state index is -0.492. The van der Waals surface area contributed by atoms with E-state index in [4.69, 9.17) is 9.47 Å². The Bertz CT molecular complexity index is 1220. The largest absolute Gasteiger partial charge is 0.492 e. The average molecular weight is 466 g/mol. The second kappa shape index (κ2) is 8.98. The standard InChI is InChI=1S/C25H28FN5O3/c1-25(9-4-10-29-25)14-34-19-13-27-11-7-15(19)21-22(20-17(30-21)8-12-28-24(20)32)31-18-6-3-5-16(26)23(18)33-2/h3,5-7,11,13,29-31H,4,8-10,12,14H2,1-2H3,(H,28,32)/t25-/m0/s1. The van der Waals surface area contributed by atoms with E-state index in [-0.39, 0.29) is 17.2 Å². The first-order chi connectivity index (χ1) is 16.5. The lowest BCUT2D eigenvalue weighted by Gasteiger charge is -2.25. The topological polar surface area (TPSA) is 100 Å². The molecule has 0 aliphatic carbocycles. The molecule has 0 unspecified atom stereocenters. The molecule has 9 heteroatoms. The molecule has 2 aromatic heterocycles. The number of carbonyl (C=O) groups is 1. The van der Waals surface area contributed by atoms with Crippen molar-refractivity contribution in [1.29, 1.82) is 0 Å². The molecule has 8 nitrogen and oxygen atoms in total. The number of anilines is 2. The van der Waals surface area contributed by atoms with Gasteiger partial charge in [-0.15, -0.1) is 0 Å². The van der Waals surface area contributed by atoms with Crippen molar-refractivity contribution < 1.29 is 18.7 Å². The van der Waals surface area contributed by atoms with Gasteiger partial charge in [0.15, 0.2) is 11.6 Å². The Kier molecular flexibility index (Phi) is 5.87. The highest BCUT2D eigenvalue weighted by Crippen LogP contribution is 2.42. The summed E-state index contributed by atoms with van der Waals surface area (Å²) in [6.45, 7) is 4.16. The van der Waals surface area contributed by atoms with E-state index in [0.29, 0.717) is 48.0 Å². The van der Waals surface area contributed by atoms with Crippen LogP contribution in [0.2, 0.25) is 0 Å². The monoisotopic (exact) mass is 465 g/mol. The molecule has 1 amide bonds. The Morgan fingerprint density at radius 1 is 1.26 bits per heavy atom. The third kappa shape index (κ3) is 4.07.